The fraction of sp³-hybridized carbons (Fsp3) is 0.350. The molecule has 1 aliphatic heterocycles. The van der Waals surface area contributed by atoms with Crippen molar-refractivity contribution in [2.45, 2.75) is 24.3 Å². The molecule has 28 heavy (non-hydrogen) atoms. The molecule has 6 nitrogen and oxygen atoms in total. The van der Waals surface area contributed by atoms with E-state index in [-0.39, 0.29) is 21.4 Å². The Morgan fingerprint density at radius 1 is 1.18 bits per heavy atom. The zero-order valence-electron chi connectivity index (χ0n) is 15.9. The number of nitrogens with zero attached hydrogens (tertiary/aromatic N) is 2. The van der Waals surface area contributed by atoms with Gasteiger partial charge in [0.05, 0.1) is 12.1 Å². The molecule has 1 aliphatic rings. The van der Waals surface area contributed by atoms with Crippen molar-refractivity contribution < 1.29 is 17.9 Å². The Hall–Kier alpha value is -2.09. The second-order valence-electron chi connectivity index (χ2n) is 6.73. The molecule has 1 saturated heterocycles. The van der Waals surface area contributed by atoms with Gasteiger partial charge >= 0.3 is 0 Å². The predicted octanol–water partition coefficient (Wildman–Crippen LogP) is 3.41. The summed E-state index contributed by atoms with van der Waals surface area (Å²) in [5.74, 6) is 0.399. The van der Waals surface area contributed by atoms with Crippen molar-refractivity contribution in [2.24, 2.45) is 0 Å². The number of para-hydroxylation sites is 1. The smallest absolute Gasteiger partial charge is 0.253 e. The Balaban J connectivity index is 1.86. The summed E-state index contributed by atoms with van der Waals surface area (Å²) in [6.45, 7) is 1.29. The highest BCUT2D eigenvalue weighted by Gasteiger charge is 2.30. The fourth-order valence-corrected chi connectivity index (χ4v) is 5.30. The molecule has 0 radical (unpaired) electrons. The van der Waals surface area contributed by atoms with Gasteiger partial charge in [-0.25, -0.2) is 8.42 Å². The quantitative estimate of drug-likeness (QED) is 0.715. The number of hydrogen-bond donors (Lipinski definition) is 0. The molecule has 3 rings (SSSR count). The largest absolute Gasteiger partial charge is 0.496 e. The third kappa shape index (κ3) is 4.16. The Bertz CT molecular complexity index is 972. The van der Waals surface area contributed by atoms with Crippen LogP contribution in [0.25, 0.3) is 0 Å². The molecule has 0 aromatic heterocycles. The predicted molar refractivity (Wildman–Crippen MR) is 108 cm³/mol. The first-order chi connectivity index (χ1) is 13.3. The number of carbonyl (C=O) groups is 1. The van der Waals surface area contributed by atoms with E-state index in [0.717, 1.165) is 18.4 Å². The van der Waals surface area contributed by atoms with Crippen LogP contribution in [0.1, 0.15) is 28.8 Å². The van der Waals surface area contributed by atoms with Crippen molar-refractivity contribution in [2.75, 3.05) is 27.2 Å². The molecular formula is C20H23ClN2O4S. The average molecular weight is 423 g/mol. The maximum Gasteiger partial charge on any atom is 0.253 e. The Morgan fingerprint density at radius 2 is 1.86 bits per heavy atom. The molecule has 0 N–H and O–H groups in total. The van der Waals surface area contributed by atoms with Crippen molar-refractivity contribution >= 4 is 27.5 Å². The van der Waals surface area contributed by atoms with E-state index in [0.29, 0.717) is 25.4 Å². The Labute approximate surface area is 170 Å². The lowest BCUT2D eigenvalue weighted by Gasteiger charge is -2.20. The monoisotopic (exact) mass is 422 g/mol. The molecule has 0 spiro atoms. The van der Waals surface area contributed by atoms with Gasteiger partial charge in [-0.2, -0.15) is 4.31 Å². The third-order valence-electron chi connectivity index (χ3n) is 4.81. The first-order valence-electron chi connectivity index (χ1n) is 9.01. The lowest BCUT2D eigenvalue weighted by Crippen LogP contribution is -2.29. The average Bonchev–Trinajstić information content (AvgIpc) is 3.24. The molecular weight excluding hydrogens is 400 g/mol. The topological polar surface area (TPSA) is 66.9 Å². The van der Waals surface area contributed by atoms with Gasteiger partial charge in [0, 0.05) is 37.8 Å². The summed E-state index contributed by atoms with van der Waals surface area (Å²) in [7, 11) is -0.467. The maximum absolute atomic E-state index is 12.9. The number of sulfonamides is 1. The molecule has 0 bridgehead atoms. The first kappa shape index (κ1) is 20.6. The summed E-state index contributed by atoms with van der Waals surface area (Å²) in [6.07, 6.45) is 1.66. The molecule has 1 fully saturated rings. The first-order valence-corrected chi connectivity index (χ1v) is 10.8. The molecule has 1 heterocycles. The summed E-state index contributed by atoms with van der Waals surface area (Å²) in [5.41, 5.74) is 1.14. The van der Waals surface area contributed by atoms with E-state index in [1.165, 1.54) is 21.3 Å². The van der Waals surface area contributed by atoms with Crippen molar-refractivity contribution in [1.29, 1.82) is 0 Å². The van der Waals surface area contributed by atoms with E-state index in [2.05, 4.69) is 0 Å². The van der Waals surface area contributed by atoms with Crippen LogP contribution in [0.3, 0.4) is 0 Å². The molecule has 150 valence electrons. The van der Waals surface area contributed by atoms with Crippen molar-refractivity contribution in [3.05, 3.63) is 58.6 Å². The van der Waals surface area contributed by atoms with E-state index in [4.69, 9.17) is 16.3 Å². The minimum absolute atomic E-state index is 0.0207. The number of rotatable bonds is 6. The van der Waals surface area contributed by atoms with Crippen molar-refractivity contribution in [1.82, 2.24) is 9.21 Å². The lowest BCUT2D eigenvalue weighted by molar-refractivity contribution is 0.0784. The number of benzene rings is 2. The highest BCUT2D eigenvalue weighted by atomic mass is 35.5. The number of methoxy groups -OCH3 is 1. The van der Waals surface area contributed by atoms with E-state index >= 15 is 0 Å². The van der Waals surface area contributed by atoms with E-state index < -0.39 is 10.0 Å². The van der Waals surface area contributed by atoms with Gasteiger partial charge in [-0.1, -0.05) is 29.8 Å². The molecule has 0 atom stereocenters. The van der Waals surface area contributed by atoms with Gasteiger partial charge in [0.2, 0.25) is 10.0 Å². The number of ether oxygens (including phenoxy) is 1. The summed E-state index contributed by atoms with van der Waals surface area (Å²) >= 11 is 6.17. The Morgan fingerprint density at radius 3 is 2.54 bits per heavy atom. The second-order valence-corrected chi connectivity index (χ2v) is 9.04. The van der Waals surface area contributed by atoms with Gasteiger partial charge in [-0.05, 0) is 37.1 Å². The summed E-state index contributed by atoms with van der Waals surface area (Å²) in [6, 6.07) is 11.8. The van der Waals surface area contributed by atoms with Crippen molar-refractivity contribution in [3.8, 4) is 5.75 Å². The van der Waals surface area contributed by atoms with Crippen LogP contribution in [0, 0.1) is 0 Å². The number of hydrogen-bond acceptors (Lipinski definition) is 4. The highest BCUT2D eigenvalue weighted by Crippen LogP contribution is 2.29. The van der Waals surface area contributed by atoms with Crippen LogP contribution in [0.4, 0.5) is 0 Å². The van der Waals surface area contributed by atoms with Crippen LogP contribution < -0.4 is 4.74 Å². The highest BCUT2D eigenvalue weighted by molar-refractivity contribution is 7.89. The summed E-state index contributed by atoms with van der Waals surface area (Å²) in [4.78, 5) is 14.4. The summed E-state index contributed by atoms with van der Waals surface area (Å²) < 4.78 is 32.5. The van der Waals surface area contributed by atoms with Gasteiger partial charge in [0.15, 0.2) is 0 Å². The zero-order valence-corrected chi connectivity index (χ0v) is 17.5. The van der Waals surface area contributed by atoms with Crippen LogP contribution in [0.2, 0.25) is 5.02 Å². The van der Waals surface area contributed by atoms with Crippen LogP contribution >= 0.6 is 11.6 Å². The van der Waals surface area contributed by atoms with Gasteiger partial charge < -0.3 is 9.64 Å². The van der Waals surface area contributed by atoms with Crippen LogP contribution in [-0.4, -0.2) is 50.8 Å². The SMILES string of the molecule is COc1ccccc1CN(C)C(=O)c1ccc(Cl)c(S(=O)(=O)N2CCCC2)c1. The van der Waals surface area contributed by atoms with E-state index in [1.54, 1.807) is 20.2 Å². The van der Waals surface area contributed by atoms with E-state index in [9.17, 15) is 13.2 Å². The maximum atomic E-state index is 12.9. The minimum Gasteiger partial charge on any atom is -0.496 e. The lowest BCUT2D eigenvalue weighted by atomic mass is 10.1. The second kappa shape index (κ2) is 8.51. The standard InChI is InChI=1S/C20H23ClN2O4S/c1-22(14-16-7-3-4-8-18(16)27-2)20(24)15-9-10-17(21)19(13-15)28(25,26)23-11-5-6-12-23/h3-4,7-10,13H,5-6,11-12,14H2,1-2H3. The third-order valence-corrected chi connectivity index (χ3v) is 7.19. The molecule has 0 aliphatic carbocycles. The number of amides is 1. The molecule has 8 heteroatoms. The van der Waals surface area contributed by atoms with Gasteiger partial charge in [-0.15, -0.1) is 0 Å². The molecule has 0 saturated carbocycles. The molecule has 2 aromatic carbocycles. The van der Waals surface area contributed by atoms with Crippen LogP contribution in [0.15, 0.2) is 47.4 Å². The molecule has 2 aromatic rings. The number of carbonyl (C=O) groups excluding carboxylic acids is 1. The Kier molecular flexibility index (Phi) is 6.27. The normalized spacial score (nSPS) is 14.8. The summed E-state index contributed by atoms with van der Waals surface area (Å²) in [5, 5.41) is 0.121. The molecule has 0 unspecified atom stereocenters. The number of halogens is 1. The fourth-order valence-electron chi connectivity index (χ4n) is 3.28. The van der Waals surface area contributed by atoms with Crippen molar-refractivity contribution in [3.63, 3.8) is 0 Å². The zero-order chi connectivity index (χ0) is 20.3. The minimum atomic E-state index is -3.71. The van der Waals surface area contributed by atoms with Gasteiger partial charge in [0.25, 0.3) is 5.91 Å². The van der Waals surface area contributed by atoms with Crippen LogP contribution in [-0.2, 0) is 16.6 Å². The van der Waals surface area contributed by atoms with Gasteiger partial charge in [-0.3, -0.25) is 4.79 Å². The van der Waals surface area contributed by atoms with Gasteiger partial charge in [0.1, 0.15) is 10.6 Å². The van der Waals surface area contributed by atoms with E-state index in [1.807, 2.05) is 24.3 Å². The molecule has 1 amide bonds. The van der Waals surface area contributed by atoms with Crippen LogP contribution in [0.5, 0.6) is 5.75 Å².